The van der Waals surface area contributed by atoms with Gasteiger partial charge >= 0.3 is 6.18 Å². The average Bonchev–Trinajstić information content (AvgIpc) is 3.21. The molecule has 150 valence electrons. The number of nitrogens with zero attached hydrogens (tertiary/aromatic N) is 4. The van der Waals surface area contributed by atoms with Crippen molar-refractivity contribution in [2.45, 2.75) is 52.9 Å². The van der Waals surface area contributed by atoms with Crippen molar-refractivity contribution in [3.8, 4) is 0 Å². The van der Waals surface area contributed by atoms with Crippen LogP contribution in [-0.4, -0.2) is 27.3 Å². The minimum absolute atomic E-state index is 0.181. The van der Waals surface area contributed by atoms with Gasteiger partial charge in [0.05, 0.1) is 18.8 Å². The normalized spacial score (nSPS) is 12.5. The zero-order valence-corrected chi connectivity index (χ0v) is 16.8. The van der Waals surface area contributed by atoms with Crippen molar-refractivity contribution in [3.05, 3.63) is 33.0 Å². The second-order valence-corrected chi connectivity index (χ2v) is 6.82. The summed E-state index contributed by atoms with van der Waals surface area (Å²) in [7, 11) is 1.93. The van der Waals surface area contributed by atoms with Crippen LogP contribution in [0.25, 0.3) is 0 Å². The van der Waals surface area contributed by atoms with Gasteiger partial charge in [-0.25, -0.2) is 9.98 Å². The molecule has 0 radical (unpaired) electrons. The third kappa shape index (κ3) is 5.44. The predicted molar refractivity (Wildman–Crippen MR) is 101 cm³/mol. The summed E-state index contributed by atoms with van der Waals surface area (Å²) in [5, 5.41) is 12.1. The largest absolute Gasteiger partial charge is 0.434 e. The van der Waals surface area contributed by atoms with Gasteiger partial charge in [0, 0.05) is 30.2 Å². The minimum atomic E-state index is -4.42. The molecule has 0 unspecified atom stereocenters. The number of rotatable bonds is 7. The van der Waals surface area contributed by atoms with E-state index in [0.717, 1.165) is 46.5 Å². The van der Waals surface area contributed by atoms with Crippen molar-refractivity contribution in [2.24, 2.45) is 12.0 Å². The van der Waals surface area contributed by atoms with Gasteiger partial charge < -0.3 is 10.6 Å². The molecule has 0 saturated heterocycles. The van der Waals surface area contributed by atoms with Gasteiger partial charge in [-0.2, -0.15) is 18.3 Å². The molecule has 27 heavy (non-hydrogen) atoms. The molecule has 0 saturated carbocycles. The first-order valence-electron chi connectivity index (χ1n) is 8.87. The minimum Gasteiger partial charge on any atom is -0.357 e. The monoisotopic (exact) mass is 402 g/mol. The van der Waals surface area contributed by atoms with Gasteiger partial charge in [0.15, 0.2) is 11.7 Å². The number of thiazole rings is 1. The van der Waals surface area contributed by atoms with Crippen molar-refractivity contribution in [3.63, 3.8) is 0 Å². The second-order valence-electron chi connectivity index (χ2n) is 5.88. The molecule has 0 atom stereocenters. The Labute approximate surface area is 160 Å². The standard InChI is InChI=1S/C17H25F3N6S/c1-5-12-11(13(6-2)26(4)25-12)8-22-16(21-7-3)23-9-15-24-14(10-27-15)17(18,19)20/h10H,5-9H2,1-4H3,(H2,21,22,23). The Bertz CT molecular complexity index is 778. The van der Waals surface area contributed by atoms with Gasteiger partial charge in [-0.1, -0.05) is 13.8 Å². The summed E-state index contributed by atoms with van der Waals surface area (Å²) in [6, 6.07) is 0. The number of nitrogens with one attached hydrogen (secondary N) is 2. The van der Waals surface area contributed by atoms with E-state index in [4.69, 9.17) is 0 Å². The molecule has 0 bridgehead atoms. The highest BCUT2D eigenvalue weighted by molar-refractivity contribution is 7.09. The number of guanidine groups is 1. The van der Waals surface area contributed by atoms with Crippen LogP contribution in [0.15, 0.2) is 10.4 Å². The highest BCUT2D eigenvalue weighted by Crippen LogP contribution is 2.29. The van der Waals surface area contributed by atoms with Crippen LogP contribution < -0.4 is 10.6 Å². The maximum atomic E-state index is 12.7. The lowest BCUT2D eigenvalue weighted by Crippen LogP contribution is -2.36. The van der Waals surface area contributed by atoms with E-state index in [9.17, 15) is 13.2 Å². The van der Waals surface area contributed by atoms with E-state index in [2.05, 4.69) is 39.6 Å². The molecule has 2 heterocycles. The third-order valence-electron chi connectivity index (χ3n) is 4.02. The van der Waals surface area contributed by atoms with E-state index < -0.39 is 11.9 Å². The van der Waals surface area contributed by atoms with Gasteiger partial charge in [0.25, 0.3) is 0 Å². The molecule has 0 aliphatic carbocycles. The smallest absolute Gasteiger partial charge is 0.357 e. The Morgan fingerprint density at radius 3 is 2.52 bits per heavy atom. The van der Waals surface area contributed by atoms with Crippen LogP contribution >= 0.6 is 11.3 Å². The van der Waals surface area contributed by atoms with Crippen LogP contribution in [0.1, 0.15) is 48.4 Å². The van der Waals surface area contributed by atoms with Crippen molar-refractivity contribution in [2.75, 3.05) is 6.54 Å². The number of aliphatic imine (C=N–C) groups is 1. The molecule has 0 amide bonds. The lowest BCUT2D eigenvalue weighted by Gasteiger charge is -2.10. The van der Waals surface area contributed by atoms with Crippen molar-refractivity contribution in [1.29, 1.82) is 0 Å². The average molecular weight is 402 g/mol. The maximum Gasteiger partial charge on any atom is 0.434 e. The van der Waals surface area contributed by atoms with Gasteiger partial charge in [0.1, 0.15) is 5.01 Å². The van der Waals surface area contributed by atoms with E-state index in [0.29, 0.717) is 24.1 Å². The van der Waals surface area contributed by atoms with Crippen LogP contribution in [-0.2, 0) is 39.2 Å². The molecular weight excluding hydrogens is 377 g/mol. The molecule has 0 spiro atoms. The Balaban J connectivity index is 2.10. The summed E-state index contributed by atoms with van der Waals surface area (Å²) in [5.74, 6) is 0.536. The molecule has 0 aromatic carbocycles. The SMILES string of the molecule is CCNC(=NCc1c(CC)nn(C)c1CC)NCc1nc(C(F)(F)F)cs1. The van der Waals surface area contributed by atoms with Gasteiger partial charge in [-0.15, -0.1) is 11.3 Å². The quantitative estimate of drug-likeness (QED) is 0.551. The van der Waals surface area contributed by atoms with Crippen LogP contribution in [0, 0.1) is 0 Å². The maximum absolute atomic E-state index is 12.7. The van der Waals surface area contributed by atoms with E-state index in [1.165, 1.54) is 0 Å². The van der Waals surface area contributed by atoms with Gasteiger partial charge in [-0.3, -0.25) is 4.68 Å². The topological polar surface area (TPSA) is 67.1 Å². The fraction of sp³-hybridized carbons (Fsp3) is 0.588. The molecule has 2 N–H and O–H groups in total. The Morgan fingerprint density at radius 2 is 1.96 bits per heavy atom. The van der Waals surface area contributed by atoms with Gasteiger partial charge in [-0.05, 0) is 19.8 Å². The van der Waals surface area contributed by atoms with Crippen LogP contribution in [0.3, 0.4) is 0 Å². The summed E-state index contributed by atoms with van der Waals surface area (Å²) in [6.07, 6.45) is -2.74. The number of alkyl halides is 3. The molecule has 2 rings (SSSR count). The molecule has 0 aliphatic rings. The zero-order valence-electron chi connectivity index (χ0n) is 15.9. The molecule has 0 fully saturated rings. The summed E-state index contributed by atoms with van der Waals surface area (Å²) >= 11 is 0.977. The second kappa shape index (κ2) is 9.20. The first-order valence-corrected chi connectivity index (χ1v) is 9.75. The molecule has 2 aromatic rings. The first kappa shape index (κ1) is 21.2. The lowest BCUT2D eigenvalue weighted by atomic mass is 10.1. The van der Waals surface area contributed by atoms with Crippen LogP contribution in [0.4, 0.5) is 13.2 Å². The van der Waals surface area contributed by atoms with E-state index in [1.54, 1.807) is 0 Å². The molecule has 6 nitrogen and oxygen atoms in total. The summed E-state index contributed by atoms with van der Waals surface area (Å²) in [5.41, 5.74) is 2.40. The number of hydrogen-bond donors (Lipinski definition) is 2. The lowest BCUT2D eigenvalue weighted by molar-refractivity contribution is -0.140. The highest BCUT2D eigenvalue weighted by Gasteiger charge is 2.33. The van der Waals surface area contributed by atoms with E-state index in [1.807, 2.05) is 18.7 Å². The van der Waals surface area contributed by atoms with Crippen LogP contribution in [0.2, 0.25) is 0 Å². The summed E-state index contributed by atoms with van der Waals surface area (Å²) in [4.78, 5) is 8.21. The molecular formula is C17H25F3N6S. The summed E-state index contributed by atoms with van der Waals surface area (Å²) in [6.45, 7) is 7.35. The summed E-state index contributed by atoms with van der Waals surface area (Å²) < 4.78 is 39.8. The number of aryl methyl sites for hydroxylation is 2. The third-order valence-corrected chi connectivity index (χ3v) is 4.87. The first-order chi connectivity index (χ1) is 12.8. The number of hydrogen-bond acceptors (Lipinski definition) is 4. The fourth-order valence-corrected chi connectivity index (χ4v) is 3.49. The zero-order chi connectivity index (χ0) is 20.0. The fourth-order valence-electron chi connectivity index (χ4n) is 2.75. The Hall–Kier alpha value is -2.10. The van der Waals surface area contributed by atoms with E-state index >= 15 is 0 Å². The Morgan fingerprint density at radius 1 is 1.22 bits per heavy atom. The van der Waals surface area contributed by atoms with E-state index in [-0.39, 0.29) is 6.54 Å². The Kier molecular flexibility index (Phi) is 7.23. The molecule has 2 aromatic heterocycles. The highest BCUT2D eigenvalue weighted by atomic mass is 32.1. The molecule has 10 heteroatoms. The van der Waals surface area contributed by atoms with Crippen molar-refractivity contribution in [1.82, 2.24) is 25.4 Å². The van der Waals surface area contributed by atoms with Crippen molar-refractivity contribution >= 4 is 17.3 Å². The van der Waals surface area contributed by atoms with Crippen LogP contribution in [0.5, 0.6) is 0 Å². The molecule has 0 aliphatic heterocycles. The number of halogens is 3. The van der Waals surface area contributed by atoms with Crippen molar-refractivity contribution < 1.29 is 13.2 Å². The predicted octanol–water partition coefficient (Wildman–Crippen LogP) is 3.28. The van der Waals surface area contributed by atoms with Gasteiger partial charge in [0.2, 0.25) is 0 Å². The number of aromatic nitrogens is 3.